The van der Waals surface area contributed by atoms with Crippen LogP contribution in [-0.4, -0.2) is 7.38 Å². The number of hydrogen-bond donors (Lipinski definition) is 0. The number of benzene rings is 2. The van der Waals surface area contributed by atoms with Crippen LogP contribution in [0.2, 0.25) is 13.1 Å². The zero-order chi connectivity index (χ0) is 18.8. The van der Waals surface area contributed by atoms with Crippen LogP contribution in [-0.2, 0) is 17.3 Å². The van der Waals surface area contributed by atoms with Gasteiger partial charge in [-0.2, -0.15) is 11.1 Å². The number of hydrogen-bond acceptors (Lipinski definition) is 0. The second kappa shape index (κ2) is 5.72. The molecule has 0 heterocycles. The van der Waals surface area contributed by atoms with E-state index in [-0.39, 0.29) is 10.8 Å². The summed E-state index contributed by atoms with van der Waals surface area (Å²) in [6.45, 7) is 18.2. The van der Waals surface area contributed by atoms with E-state index in [4.69, 9.17) is 11.1 Å². The summed E-state index contributed by atoms with van der Waals surface area (Å²) in [5.41, 5.74) is 8.87. The van der Waals surface area contributed by atoms with Crippen molar-refractivity contribution in [1.82, 2.24) is 0 Å². The van der Waals surface area contributed by atoms with E-state index in [1.807, 2.05) is 0 Å². The van der Waals surface area contributed by atoms with Crippen LogP contribution in [0.5, 0.6) is 0 Å². The Morgan fingerprint density at radius 3 is 1.88 bits per heavy atom. The first-order valence-electron chi connectivity index (χ1n) is 9.29. The highest BCUT2D eigenvalue weighted by molar-refractivity contribution is 7.26. The molecule has 0 aromatic heterocycles. The molecule has 0 saturated carbocycles. The molecule has 0 radical (unpaired) electrons. The fourth-order valence-corrected chi connectivity index (χ4v) is 5.65. The van der Waals surface area contributed by atoms with Gasteiger partial charge in [-0.3, -0.25) is 0 Å². The predicted molar refractivity (Wildman–Crippen MR) is 115 cm³/mol. The molecule has 0 fully saturated rings. The third-order valence-electron chi connectivity index (χ3n) is 5.39. The third kappa shape index (κ3) is 3.46. The van der Waals surface area contributed by atoms with E-state index in [0.717, 1.165) is 6.42 Å². The van der Waals surface area contributed by atoms with Gasteiger partial charge < -0.3 is 0 Å². The van der Waals surface area contributed by atoms with Crippen molar-refractivity contribution in [1.29, 1.82) is 0 Å². The summed E-state index contributed by atoms with van der Waals surface area (Å²) in [5, 5.41) is 1.42. The molecule has 0 spiro atoms. The fraction of sp³-hybridized carbons (Fsp3) is 0.478. The van der Waals surface area contributed by atoms with Gasteiger partial charge in [-0.15, -0.1) is 0 Å². The minimum absolute atomic E-state index is 0.130. The average Bonchev–Trinajstić information content (AvgIpc) is 2.80. The van der Waals surface area contributed by atoms with Gasteiger partial charge >= 0.3 is 0 Å². The standard InChI is InChI=1S/C23H31ClSi/c1-22(2,3)16-10-9-15-11-20-19(18(15)12-16)13-17(23(4,5)6)14-21(20)25(7,8)24/h9-10,12-14H,11H2,1-8H3. The lowest BCUT2D eigenvalue weighted by Gasteiger charge is -2.26. The monoisotopic (exact) mass is 370 g/mol. The molecule has 3 rings (SSSR count). The highest BCUT2D eigenvalue weighted by Gasteiger charge is 2.32. The SMILES string of the molecule is CC(C)(C)c1ccc2c(c1)-c1cc(C(C)(C)C)cc([Si](C)(C)Cl)c1C2. The first-order valence-corrected chi connectivity index (χ1v) is 13.3. The molecule has 134 valence electrons. The Morgan fingerprint density at radius 1 is 0.800 bits per heavy atom. The van der Waals surface area contributed by atoms with E-state index in [1.165, 1.54) is 38.6 Å². The van der Waals surface area contributed by atoms with Crippen molar-refractivity contribution < 1.29 is 0 Å². The zero-order valence-electron chi connectivity index (χ0n) is 17.0. The number of fused-ring (bicyclic) bond motifs is 3. The van der Waals surface area contributed by atoms with Crippen LogP contribution < -0.4 is 5.19 Å². The van der Waals surface area contributed by atoms with Crippen LogP contribution in [0.3, 0.4) is 0 Å². The Balaban J connectivity index is 2.29. The maximum Gasteiger partial charge on any atom is 0.181 e. The summed E-state index contributed by atoms with van der Waals surface area (Å²) in [6.07, 6.45) is 1.03. The molecule has 0 saturated heterocycles. The summed E-state index contributed by atoms with van der Waals surface area (Å²) in [6, 6.07) is 11.9. The zero-order valence-corrected chi connectivity index (χ0v) is 18.7. The number of rotatable bonds is 1. The summed E-state index contributed by atoms with van der Waals surface area (Å²) in [7, 11) is -1.92. The molecule has 0 N–H and O–H groups in total. The summed E-state index contributed by atoms with van der Waals surface area (Å²) in [4.78, 5) is 0. The molecule has 0 nitrogen and oxygen atoms in total. The molecule has 25 heavy (non-hydrogen) atoms. The molecule has 2 aromatic carbocycles. The molecule has 0 amide bonds. The van der Waals surface area contributed by atoms with E-state index in [9.17, 15) is 0 Å². The Morgan fingerprint density at radius 2 is 1.36 bits per heavy atom. The van der Waals surface area contributed by atoms with Gasteiger partial charge in [-0.1, -0.05) is 85.0 Å². The molecule has 2 aromatic rings. The maximum absolute atomic E-state index is 6.95. The van der Waals surface area contributed by atoms with E-state index in [0.29, 0.717) is 0 Å². The first kappa shape index (κ1) is 18.7. The topological polar surface area (TPSA) is 0 Å². The lowest BCUT2D eigenvalue weighted by molar-refractivity contribution is 0.589. The van der Waals surface area contributed by atoms with Gasteiger partial charge in [0.2, 0.25) is 0 Å². The van der Waals surface area contributed by atoms with Crippen molar-refractivity contribution in [3.63, 3.8) is 0 Å². The largest absolute Gasteiger partial charge is 0.181 e. The van der Waals surface area contributed by atoms with Crippen LogP contribution in [0.4, 0.5) is 0 Å². The second-order valence-electron chi connectivity index (χ2n) is 10.1. The van der Waals surface area contributed by atoms with Crippen molar-refractivity contribution in [3.8, 4) is 11.1 Å². The van der Waals surface area contributed by atoms with Crippen molar-refractivity contribution >= 4 is 23.6 Å². The predicted octanol–water partition coefficient (Wildman–Crippen LogP) is 6.50. The molecule has 2 heteroatoms. The Labute approximate surface area is 159 Å². The first-order chi connectivity index (χ1) is 11.3. The molecule has 0 unspecified atom stereocenters. The van der Waals surface area contributed by atoms with Crippen LogP contribution in [0.1, 0.15) is 63.8 Å². The molecule has 0 bridgehead atoms. The van der Waals surface area contributed by atoms with Gasteiger partial charge in [0, 0.05) is 0 Å². The van der Waals surface area contributed by atoms with Gasteiger partial charge in [0.05, 0.1) is 0 Å². The van der Waals surface area contributed by atoms with Crippen molar-refractivity contribution in [2.75, 3.05) is 0 Å². The molecule has 0 aliphatic heterocycles. The van der Waals surface area contributed by atoms with E-state index < -0.39 is 7.38 Å². The minimum atomic E-state index is -1.92. The van der Waals surface area contributed by atoms with Gasteiger partial charge in [-0.05, 0) is 55.8 Å². The third-order valence-corrected chi connectivity index (χ3v) is 7.73. The highest BCUT2D eigenvalue weighted by Crippen LogP contribution is 2.41. The van der Waals surface area contributed by atoms with E-state index in [1.54, 1.807) is 0 Å². The fourth-order valence-electron chi connectivity index (χ4n) is 3.70. The van der Waals surface area contributed by atoms with Gasteiger partial charge in [-0.25, -0.2) is 0 Å². The van der Waals surface area contributed by atoms with Gasteiger partial charge in [0.25, 0.3) is 0 Å². The molecular weight excluding hydrogens is 340 g/mol. The summed E-state index contributed by atoms with van der Waals surface area (Å²) in [5.74, 6) is 0. The summed E-state index contributed by atoms with van der Waals surface area (Å²) >= 11 is 6.95. The smallest absolute Gasteiger partial charge is 0.162 e. The van der Waals surface area contributed by atoms with E-state index in [2.05, 4.69) is 85.0 Å². The van der Waals surface area contributed by atoms with Crippen molar-refractivity contribution in [3.05, 3.63) is 52.6 Å². The van der Waals surface area contributed by atoms with Crippen LogP contribution in [0.15, 0.2) is 30.3 Å². The Kier molecular flexibility index (Phi) is 4.29. The highest BCUT2D eigenvalue weighted by atomic mass is 35.6. The minimum Gasteiger partial charge on any atom is -0.162 e. The van der Waals surface area contributed by atoms with Crippen LogP contribution in [0.25, 0.3) is 11.1 Å². The molecule has 1 aliphatic carbocycles. The van der Waals surface area contributed by atoms with Crippen molar-refractivity contribution in [2.24, 2.45) is 0 Å². The quantitative estimate of drug-likeness (QED) is 0.338. The maximum atomic E-state index is 6.95. The normalized spacial score (nSPS) is 14.4. The lowest BCUT2D eigenvalue weighted by Crippen LogP contribution is -2.39. The summed E-state index contributed by atoms with van der Waals surface area (Å²) < 4.78 is 0. The second-order valence-corrected chi connectivity index (χ2v) is 16.4. The lowest BCUT2D eigenvalue weighted by atomic mass is 9.83. The van der Waals surface area contributed by atoms with Crippen LogP contribution in [0, 0.1) is 0 Å². The molecule has 0 atom stereocenters. The molecular formula is C23H31ClSi. The van der Waals surface area contributed by atoms with E-state index >= 15 is 0 Å². The Bertz CT molecular complexity index is 827. The van der Waals surface area contributed by atoms with Crippen molar-refractivity contribution in [2.45, 2.75) is 71.9 Å². The number of halogens is 1. The Hall–Kier alpha value is -1.05. The van der Waals surface area contributed by atoms with Gasteiger partial charge in [0.1, 0.15) is 0 Å². The van der Waals surface area contributed by atoms with Crippen LogP contribution >= 0.6 is 11.1 Å². The molecule has 1 aliphatic rings. The van der Waals surface area contributed by atoms with Gasteiger partial charge in [0.15, 0.2) is 7.38 Å². The average molecular weight is 371 g/mol.